The van der Waals surface area contributed by atoms with E-state index in [-0.39, 0.29) is 18.2 Å². The van der Waals surface area contributed by atoms with Crippen molar-refractivity contribution in [3.05, 3.63) is 40.2 Å². The molecule has 2 amide bonds. The molecule has 1 aliphatic rings. The summed E-state index contributed by atoms with van der Waals surface area (Å²) in [5.41, 5.74) is 0.890. The summed E-state index contributed by atoms with van der Waals surface area (Å²) < 4.78 is 11.1. The summed E-state index contributed by atoms with van der Waals surface area (Å²) >= 11 is 1.59. The SMILES string of the molecule is Cc1nc(C(C)NC(=O)N(Cc2ccco2)CC2CCCO2)cs1. The summed E-state index contributed by atoms with van der Waals surface area (Å²) in [7, 11) is 0. The van der Waals surface area contributed by atoms with Crippen LogP contribution in [0.25, 0.3) is 0 Å². The molecule has 2 atom stereocenters. The van der Waals surface area contributed by atoms with Crippen LogP contribution in [0.4, 0.5) is 4.79 Å². The highest BCUT2D eigenvalue weighted by atomic mass is 32.1. The van der Waals surface area contributed by atoms with E-state index in [1.807, 2.05) is 31.4 Å². The highest BCUT2D eigenvalue weighted by Gasteiger charge is 2.25. The maximum Gasteiger partial charge on any atom is 0.318 e. The Morgan fingerprint density at radius 2 is 2.46 bits per heavy atom. The van der Waals surface area contributed by atoms with Crippen molar-refractivity contribution in [3.8, 4) is 0 Å². The maximum atomic E-state index is 12.7. The predicted molar refractivity (Wildman–Crippen MR) is 91.9 cm³/mol. The van der Waals surface area contributed by atoms with Gasteiger partial charge in [0.05, 0.1) is 35.7 Å². The van der Waals surface area contributed by atoms with Crippen LogP contribution in [-0.4, -0.2) is 35.2 Å². The zero-order chi connectivity index (χ0) is 16.9. The highest BCUT2D eigenvalue weighted by molar-refractivity contribution is 7.09. The summed E-state index contributed by atoms with van der Waals surface area (Å²) in [6.07, 6.45) is 3.76. The van der Waals surface area contributed by atoms with E-state index in [1.165, 1.54) is 0 Å². The van der Waals surface area contributed by atoms with E-state index >= 15 is 0 Å². The molecule has 0 saturated carbocycles. The third-order valence-corrected chi connectivity index (χ3v) is 4.87. The maximum absolute atomic E-state index is 12.7. The number of nitrogens with one attached hydrogen (secondary N) is 1. The molecule has 0 aromatic carbocycles. The number of urea groups is 1. The van der Waals surface area contributed by atoms with Crippen molar-refractivity contribution >= 4 is 17.4 Å². The van der Waals surface area contributed by atoms with Crippen molar-refractivity contribution in [2.24, 2.45) is 0 Å². The number of nitrogens with zero attached hydrogens (tertiary/aromatic N) is 2. The van der Waals surface area contributed by atoms with Crippen LogP contribution >= 0.6 is 11.3 Å². The first-order valence-electron chi connectivity index (χ1n) is 8.23. The van der Waals surface area contributed by atoms with Gasteiger partial charge in [0.25, 0.3) is 0 Å². The average Bonchev–Trinajstić information content (AvgIpc) is 3.28. The molecule has 1 fully saturated rings. The van der Waals surface area contributed by atoms with Crippen molar-refractivity contribution in [1.29, 1.82) is 0 Å². The summed E-state index contributed by atoms with van der Waals surface area (Å²) in [5.74, 6) is 0.764. The van der Waals surface area contributed by atoms with Crippen LogP contribution in [0.1, 0.15) is 42.3 Å². The van der Waals surface area contributed by atoms with Gasteiger partial charge in [-0.2, -0.15) is 0 Å². The molecule has 0 radical (unpaired) electrons. The van der Waals surface area contributed by atoms with Crippen LogP contribution in [0, 0.1) is 6.92 Å². The molecule has 7 heteroatoms. The third kappa shape index (κ3) is 4.36. The van der Waals surface area contributed by atoms with Gasteiger partial charge in [0.15, 0.2) is 0 Å². The normalized spacial score (nSPS) is 18.5. The van der Waals surface area contributed by atoms with Gasteiger partial charge in [-0.1, -0.05) is 0 Å². The molecule has 1 N–H and O–H groups in total. The average molecular weight is 349 g/mol. The van der Waals surface area contributed by atoms with Crippen LogP contribution in [0.15, 0.2) is 28.2 Å². The number of hydrogen-bond donors (Lipinski definition) is 1. The predicted octanol–water partition coefficient (Wildman–Crippen LogP) is 3.50. The number of ether oxygens (including phenoxy) is 1. The van der Waals surface area contributed by atoms with Crippen LogP contribution in [-0.2, 0) is 11.3 Å². The summed E-state index contributed by atoms with van der Waals surface area (Å²) in [6, 6.07) is 3.45. The molecule has 0 spiro atoms. The second-order valence-corrected chi connectivity index (χ2v) is 7.12. The van der Waals surface area contributed by atoms with Gasteiger partial charge in [-0.3, -0.25) is 0 Å². The van der Waals surface area contributed by atoms with E-state index in [2.05, 4.69) is 10.3 Å². The molecule has 0 aliphatic carbocycles. The number of amides is 2. The fourth-order valence-electron chi connectivity index (χ4n) is 2.77. The number of rotatable bonds is 6. The number of hydrogen-bond acceptors (Lipinski definition) is 5. The lowest BCUT2D eigenvalue weighted by molar-refractivity contribution is 0.0772. The van der Waals surface area contributed by atoms with E-state index in [4.69, 9.17) is 9.15 Å². The van der Waals surface area contributed by atoms with Crippen molar-refractivity contribution in [3.63, 3.8) is 0 Å². The second-order valence-electron chi connectivity index (χ2n) is 6.06. The summed E-state index contributed by atoms with van der Waals surface area (Å²) in [6.45, 7) is 5.68. The van der Waals surface area contributed by atoms with Crippen molar-refractivity contribution in [2.75, 3.05) is 13.2 Å². The van der Waals surface area contributed by atoms with Crippen LogP contribution in [0.2, 0.25) is 0 Å². The van der Waals surface area contributed by atoms with Gasteiger partial charge in [0.2, 0.25) is 0 Å². The number of thiazole rings is 1. The Kier molecular flexibility index (Phi) is 5.52. The fraction of sp³-hybridized carbons (Fsp3) is 0.529. The van der Waals surface area contributed by atoms with Gasteiger partial charge >= 0.3 is 6.03 Å². The van der Waals surface area contributed by atoms with E-state index in [1.54, 1.807) is 22.5 Å². The molecule has 2 unspecified atom stereocenters. The smallest absolute Gasteiger partial charge is 0.318 e. The van der Waals surface area contributed by atoms with Gasteiger partial charge in [-0.15, -0.1) is 11.3 Å². The number of furan rings is 1. The van der Waals surface area contributed by atoms with Crippen molar-refractivity contribution < 1.29 is 13.9 Å². The van der Waals surface area contributed by atoms with Crippen LogP contribution in [0.5, 0.6) is 0 Å². The lowest BCUT2D eigenvalue weighted by Gasteiger charge is -2.26. The Labute approximate surface area is 145 Å². The van der Waals surface area contributed by atoms with Crippen LogP contribution < -0.4 is 5.32 Å². The number of aryl methyl sites for hydroxylation is 1. The van der Waals surface area contributed by atoms with Gasteiger partial charge in [0, 0.05) is 18.5 Å². The first kappa shape index (κ1) is 17.0. The lowest BCUT2D eigenvalue weighted by Crippen LogP contribution is -2.44. The minimum atomic E-state index is -0.133. The lowest BCUT2D eigenvalue weighted by atomic mass is 10.2. The molecule has 3 rings (SSSR count). The Morgan fingerprint density at radius 3 is 3.08 bits per heavy atom. The largest absolute Gasteiger partial charge is 0.467 e. The van der Waals surface area contributed by atoms with Gasteiger partial charge in [0.1, 0.15) is 5.76 Å². The molecule has 2 aromatic heterocycles. The minimum Gasteiger partial charge on any atom is -0.467 e. The number of carbonyl (C=O) groups is 1. The molecule has 0 bridgehead atoms. The van der Waals surface area contributed by atoms with Gasteiger partial charge in [-0.05, 0) is 38.8 Å². The summed E-state index contributed by atoms with van der Waals surface area (Å²) in [4.78, 5) is 18.9. The van der Waals surface area contributed by atoms with Crippen LogP contribution in [0.3, 0.4) is 0 Å². The highest BCUT2D eigenvalue weighted by Crippen LogP contribution is 2.18. The fourth-order valence-corrected chi connectivity index (χ4v) is 3.48. The molecular formula is C17H23N3O3S. The zero-order valence-electron chi connectivity index (χ0n) is 14.0. The monoisotopic (exact) mass is 349 g/mol. The molecule has 6 nitrogen and oxygen atoms in total. The number of aromatic nitrogens is 1. The quantitative estimate of drug-likeness (QED) is 0.867. The topological polar surface area (TPSA) is 67.6 Å². The standard InChI is InChI=1S/C17H23N3O3S/c1-12(16-11-24-13(2)19-16)18-17(21)20(9-14-5-3-7-22-14)10-15-6-4-8-23-15/h3,5,7,11-12,15H,4,6,8-10H2,1-2H3,(H,18,21). The Balaban J connectivity index is 1.64. The molecule has 24 heavy (non-hydrogen) atoms. The number of carbonyl (C=O) groups excluding carboxylic acids is 1. The van der Waals surface area contributed by atoms with E-state index in [0.717, 1.165) is 35.9 Å². The first-order chi connectivity index (χ1) is 11.6. The van der Waals surface area contributed by atoms with Crippen molar-refractivity contribution in [1.82, 2.24) is 15.2 Å². The molecule has 3 heterocycles. The first-order valence-corrected chi connectivity index (χ1v) is 9.11. The molecule has 1 aliphatic heterocycles. The molecule has 2 aromatic rings. The Morgan fingerprint density at radius 1 is 1.58 bits per heavy atom. The molecule has 1 saturated heterocycles. The third-order valence-electron chi connectivity index (χ3n) is 4.08. The van der Waals surface area contributed by atoms with Gasteiger partial charge < -0.3 is 19.4 Å². The van der Waals surface area contributed by atoms with Crippen molar-refractivity contribution in [2.45, 2.75) is 45.4 Å². The van der Waals surface area contributed by atoms with E-state index in [0.29, 0.717) is 13.1 Å². The zero-order valence-corrected chi connectivity index (χ0v) is 14.8. The van der Waals surface area contributed by atoms with Gasteiger partial charge in [-0.25, -0.2) is 9.78 Å². The molecular weight excluding hydrogens is 326 g/mol. The van der Waals surface area contributed by atoms with E-state index in [9.17, 15) is 4.79 Å². The second kappa shape index (κ2) is 7.81. The summed E-state index contributed by atoms with van der Waals surface area (Å²) in [5, 5.41) is 6.01. The Bertz CT molecular complexity index is 650. The minimum absolute atomic E-state index is 0.0996. The Hall–Kier alpha value is -1.86. The van der Waals surface area contributed by atoms with E-state index < -0.39 is 0 Å². The molecule has 130 valence electrons.